The fraction of sp³-hybridized carbons (Fsp3) is 0.0833. The average molecular weight is 283 g/mol. The topological polar surface area (TPSA) is 52.1 Å². The summed E-state index contributed by atoms with van der Waals surface area (Å²) in [5.74, 6) is 0.315. The summed E-state index contributed by atoms with van der Waals surface area (Å²) in [6.45, 7) is 1.47. The van der Waals surface area contributed by atoms with Crippen LogP contribution in [-0.2, 0) is 0 Å². The van der Waals surface area contributed by atoms with Gasteiger partial charge in [-0.15, -0.1) is 0 Å². The molecule has 0 spiro atoms. The van der Waals surface area contributed by atoms with Gasteiger partial charge in [-0.25, -0.2) is 9.97 Å². The summed E-state index contributed by atoms with van der Waals surface area (Å²) in [4.78, 5) is 18.9. The third-order valence-electron chi connectivity index (χ3n) is 2.14. The second-order valence-corrected chi connectivity index (χ2v) is 4.33. The lowest BCUT2D eigenvalue weighted by Gasteiger charge is -2.06. The van der Waals surface area contributed by atoms with Crippen LogP contribution in [-0.4, -0.2) is 15.8 Å². The molecule has 0 aliphatic rings. The second-order valence-electron chi connectivity index (χ2n) is 3.49. The summed E-state index contributed by atoms with van der Waals surface area (Å²) < 4.78 is 5.37. The number of ether oxygens (including phenoxy) is 1. The summed E-state index contributed by atoms with van der Waals surface area (Å²) in [5, 5.41) is 0.738. The van der Waals surface area contributed by atoms with Crippen LogP contribution in [0.15, 0.2) is 30.6 Å². The average Bonchev–Trinajstić information content (AvgIpc) is 2.34. The summed E-state index contributed by atoms with van der Waals surface area (Å²) in [5.41, 5.74) is 0.518. The largest absolute Gasteiger partial charge is 0.423 e. The first kappa shape index (κ1) is 12.8. The molecule has 0 atom stereocenters. The van der Waals surface area contributed by atoms with Gasteiger partial charge in [-0.05, 0) is 25.1 Å². The van der Waals surface area contributed by atoms with Crippen molar-refractivity contribution in [1.82, 2.24) is 9.97 Å². The number of hydrogen-bond acceptors (Lipinski definition) is 4. The highest BCUT2D eigenvalue weighted by molar-refractivity contribution is 6.32. The quantitative estimate of drug-likeness (QED) is 0.804. The Bertz CT molecular complexity index is 585. The molecule has 0 aliphatic carbocycles. The maximum absolute atomic E-state index is 11.2. The fourth-order valence-electron chi connectivity index (χ4n) is 1.25. The predicted octanol–water partition coefficient (Wildman–Crippen LogP) is 3.78. The molecule has 1 heterocycles. The third-order valence-corrected chi connectivity index (χ3v) is 2.63. The van der Waals surface area contributed by atoms with Gasteiger partial charge < -0.3 is 4.74 Å². The molecular formula is C12H8Cl2N2O2. The van der Waals surface area contributed by atoms with Gasteiger partial charge >= 0.3 is 6.01 Å². The summed E-state index contributed by atoms with van der Waals surface area (Å²) in [6.07, 6.45) is 2.84. The lowest BCUT2D eigenvalue weighted by atomic mass is 10.1. The smallest absolute Gasteiger partial charge is 0.322 e. The van der Waals surface area contributed by atoms with Gasteiger partial charge in [-0.3, -0.25) is 4.79 Å². The standard InChI is InChI=1S/C12H8Cl2N2O2/c1-7(17)8-2-3-11(10(14)4-8)18-12-15-5-9(13)6-16-12/h2-6H,1H3. The van der Waals surface area contributed by atoms with Crippen molar-refractivity contribution < 1.29 is 9.53 Å². The predicted molar refractivity (Wildman–Crippen MR) is 68.6 cm³/mol. The monoisotopic (exact) mass is 282 g/mol. The molecule has 2 aromatic rings. The van der Waals surface area contributed by atoms with Gasteiger partial charge in [0.05, 0.1) is 22.4 Å². The van der Waals surface area contributed by atoms with Crippen LogP contribution in [0, 0.1) is 0 Å². The summed E-state index contributed by atoms with van der Waals surface area (Å²) in [7, 11) is 0. The van der Waals surface area contributed by atoms with E-state index in [0.717, 1.165) is 0 Å². The third kappa shape index (κ3) is 2.97. The van der Waals surface area contributed by atoms with E-state index in [4.69, 9.17) is 27.9 Å². The maximum atomic E-state index is 11.2. The van der Waals surface area contributed by atoms with Crippen molar-refractivity contribution in [2.75, 3.05) is 0 Å². The SMILES string of the molecule is CC(=O)c1ccc(Oc2ncc(Cl)cn2)c(Cl)c1. The molecule has 0 bridgehead atoms. The van der Waals surface area contributed by atoms with Gasteiger partial charge in [0.2, 0.25) is 0 Å². The molecule has 0 fully saturated rings. The Morgan fingerprint density at radius 1 is 1.22 bits per heavy atom. The normalized spacial score (nSPS) is 10.2. The molecule has 0 amide bonds. The molecule has 1 aromatic heterocycles. The second kappa shape index (κ2) is 5.33. The molecule has 92 valence electrons. The van der Waals surface area contributed by atoms with Crippen LogP contribution in [0.3, 0.4) is 0 Å². The van der Waals surface area contributed by atoms with Crippen molar-refractivity contribution in [3.63, 3.8) is 0 Å². The fourth-order valence-corrected chi connectivity index (χ4v) is 1.57. The number of carbonyl (C=O) groups is 1. The first-order chi connectivity index (χ1) is 8.56. The zero-order chi connectivity index (χ0) is 13.1. The van der Waals surface area contributed by atoms with Crippen molar-refractivity contribution in [3.8, 4) is 11.8 Å². The molecule has 0 saturated heterocycles. The zero-order valence-corrected chi connectivity index (χ0v) is 10.9. The highest BCUT2D eigenvalue weighted by Gasteiger charge is 2.08. The Hall–Kier alpha value is -1.65. The molecule has 2 rings (SSSR count). The maximum Gasteiger partial charge on any atom is 0.322 e. The van der Waals surface area contributed by atoms with Gasteiger partial charge in [-0.1, -0.05) is 23.2 Å². The van der Waals surface area contributed by atoms with E-state index in [2.05, 4.69) is 9.97 Å². The van der Waals surface area contributed by atoms with Crippen molar-refractivity contribution in [3.05, 3.63) is 46.2 Å². The Morgan fingerprint density at radius 2 is 1.89 bits per heavy atom. The van der Waals surface area contributed by atoms with Gasteiger partial charge in [0.1, 0.15) is 5.75 Å². The Labute approximate surface area is 114 Å². The van der Waals surface area contributed by atoms with Crippen LogP contribution in [0.2, 0.25) is 10.0 Å². The molecule has 0 saturated carbocycles. The van der Waals surface area contributed by atoms with Crippen molar-refractivity contribution in [2.45, 2.75) is 6.92 Å². The lowest BCUT2D eigenvalue weighted by Crippen LogP contribution is -1.95. The first-order valence-electron chi connectivity index (χ1n) is 5.02. The molecule has 4 nitrogen and oxygen atoms in total. The van der Waals surface area contributed by atoms with E-state index in [1.54, 1.807) is 12.1 Å². The van der Waals surface area contributed by atoms with E-state index < -0.39 is 0 Å². The van der Waals surface area contributed by atoms with Crippen LogP contribution in [0.1, 0.15) is 17.3 Å². The van der Waals surface area contributed by atoms with Crippen molar-refractivity contribution in [1.29, 1.82) is 0 Å². The van der Waals surface area contributed by atoms with E-state index in [9.17, 15) is 4.79 Å². The summed E-state index contributed by atoms with van der Waals surface area (Å²) in [6, 6.07) is 4.89. The molecule has 0 N–H and O–H groups in total. The lowest BCUT2D eigenvalue weighted by molar-refractivity contribution is 0.101. The number of carbonyl (C=O) groups excluding carboxylic acids is 1. The number of ketones is 1. The highest BCUT2D eigenvalue weighted by atomic mass is 35.5. The molecule has 18 heavy (non-hydrogen) atoms. The molecule has 6 heteroatoms. The van der Waals surface area contributed by atoms with Gasteiger partial charge in [0.25, 0.3) is 0 Å². The number of hydrogen-bond donors (Lipinski definition) is 0. The number of aromatic nitrogens is 2. The zero-order valence-electron chi connectivity index (χ0n) is 9.35. The summed E-state index contributed by atoms with van der Waals surface area (Å²) >= 11 is 11.7. The number of benzene rings is 1. The number of nitrogens with zero attached hydrogens (tertiary/aromatic N) is 2. The van der Waals surface area contributed by atoms with Gasteiger partial charge in [-0.2, -0.15) is 0 Å². The minimum absolute atomic E-state index is 0.0637. The van der Waals surface area contributed by atoms with Crippen molar-refractivity contribution in [2.24, 2.45) is 0 Å². The minimum atomic E-state index is -0.0637. The van der Waals surface area contributed by atoms with E-state index in [1.165, 1.54) is 25.4 Å². The number of Topliss-reactive ketones (excluding diaryl/α,β-unsaturated/α-hetero) is 1. The Balaban J connectivity index is 2.24. The molecular weight excluding hydrogens is 275 g/mol. The number of rotatable bonds is 3. The van der Waals surface area contributed by atoms with Crippen LogP contribution < -0.4 is 4.74 Å². The first-order valence-corrected chi connectivity index (χ1v) is 5.78. The minimum Gasteiger partial charge on any atom is -0.423 e. The van der Waals surface area contributed by atoms with Gasteiger partial charge in [0.15, 0.2) is 5.78 Å². The van der Waals surface area contributed by atoms with E-state index in [-0.39, 0.29) is 11.8 Å². The van der Waals surface area contributed by atoms with Crippen molar-refractivity contribution >= 4 is 29.0 Å². The molecule has 0 aliphatic heterocycles. The van der Waals surface area contributed by atoms with E-state index >= 15 is 0 Å². The van der Waals surface area contributed by atoms with E-state index in [0.29, 0.717) is 21.4 Å². The highest BCUT2D eigenvalue weighted by Crippen LogP contribution is 2.28. The molecule has 0 unspecified atom stereocenters. The molecule has 0 radical (unpaired) electrons. The Morgan fingerprint density at radius 3 is 2.44 bits per heavy atom. The van der Waals surface area contributed by atoms with Crippen LogP contribution in [0.5, 0.6) is 11.8 Å². The van der Waals surface area contributed by atoms with E-state index in [1.807, 2.05) is 0 Å². The van der Waals surface area contributed by atoms with Crippen LogP contribution in [0.4, 0.5) is 0 Å². The Kier molecular flexibility index (Phi) is 3.79. The van der Waals surface area contributed by atoms with Crippen LogP contribution >= 0.6 is 23.2 Å². The van der Waals surface area contributed by atoms with Gasteiger partial charge in [0, 0.05) is 5.56 Å². The number of halogens is 2. The van der Waals surface area contributed by atoms with Crippen LogP contribution in [0.25, 0.3) is 0 Å². The molecule has 1 aromatic carbocycles.